The van der Waals surface area contributed by atoms with Gasteiger partial charge in [0.15, 0.2) is 0 Å². The summed E-state index contributed by atoms with van der Waals surface area (Å²) >= 11 is 0. The minimum atomic E-state index is -1.39. The van der Waals surface area contributed by atoms with Gasteiger partial charge in [0, 0.05) is 24.3 Å². The molecule has 2 saturated carbocycles. The fourth-order valence-corrected chi connectivity index (χ4v) is 4.03. The van der Waals surface area contributed by atoms with Crippen LogP contribution in [0.1, 0.15) is 24.9 Å². The molecular formula is C16H19NO5. The van der Waals surface area contributed by atoms with Crippen molar-refractivity contribution in [2.24, 2.45) is 17.8 Å². The Morgan fingerprint density at radius 2 is 1.91 bits per heavy atom. The van der Waals surface area contributed by atoms with Gasteiger partial charge in [0.1, 0.15) is 5.54 Å². The number of carboxylic acid groups (broad SMARTS) is 2. The number of nitrogens with one attached hydrogen (secondary N) is 1. The average molecular weight is 305 g/mol. The van der Waals surface area contributed by atoms with Crippen LogP contribution in [0, 0.1) is 17.8 Å². The summed E-state index contributed by atoms with van der Waals surface area (Å²) in [7, 11) is 0. The van der Waals surface area contributed by atoms with Gasteiger partial charge in [-0.25, -0.2) is 0 Å². The van der Waals surface area contributed by atoms with Gasteiger partial charge in [0.2, 0.25) is 0 Å². The molecule has 0 radical (unpaired) electrons. The molecule has 0 spiro atoms. The van der Waals surface area contributed by atoms with E-state index >= 15 is 0 Å². The minimum absolute atomic E-state index is 0.0403. The predicted molar refractivity (Wildman–Crippen MR) is 77.1 cm³/mol. The summed E-state index contributed by atoms with van der Waals surface area (Å²) in [5.41, 5.74) is -0.462. The van der Waals surface area contributed by atoms with E-state index in [-0.39, 0.29) is 12.5 Å². The first-order chi connectivity index (χ1) is 10.4. The summed E-state index contributed by atoms with van der Waals surface area (Å²) in [5, 5.41) is 32.1. The summed E-state index contributed by atoms with van der Waals surface area (Å²) in [6, 6.07) is 9.13. The van der Waals surface area contributed by atoms with Crippen LogP contribution in [0.15, 0.2) is 30.3 Å². The Morgan fingerprint density at radius 1 is 1.27 bits per heavy atom. The molecule has 0 aromatic heterocycles. The fraction of sp³-hybridized carbons (Fsp3) is 0.500. The van der Waals surface area contributed by atoms with Crippen molar-refractivity contribution in [2.75, 3.05) is 0 Å². The van der Waals surface area contributed by atoms with Crippen LogP contribution in [0.2, 0.25) is 0 Å². The molecule has 118 valence electrons. The molecule has 6 atom stereocenters. The van der Waals surface area contributed by atoms with Gasteiger partial charge in [-0.05, 0) is 12.5 Å². The SMILES string of the molecule is C[C@@H](N[C@@]1(C(=O)O)C[C@H](O)[C@H]2[C@H](C(=O)O)[C@H]21)c1ccccc1. The molecular weight excluding hydrogens is 286 g/mol. The number of aliphatic hydroxyl groups excluding tert-OH is 1. The van der Waals surface area contributed by atoms with Crippen LogP contribution in [-0.4, -0.2) is 38.9 Å². The van der Waals surface area contributed by atoms with E-state index in [1.807, 2.05) is 37.3 Å². The molecule has 2 aliphatic rings. The normalized spacial score (nSPS) is 37.4. The molecule has 4 N–H and O–H groups in total. The van der Waals surface area contributed by atoms with Gasteiger partial charge in [-0.1, -0.05) is 30.3 Å². The largest absolute Gasteiger partial charge is 0.481 e. The Bertz CT molecular complexity index is 604. The Kier molecular flexibility index (Phi) is 3.45. The van der Waals surface area contributed by atoms with E-state index in [1.54, 1.807) is 0 Å². The maximum absolute atomic E-state index is 11.9. The monoisotopic (exact) mass is 305 g/mol. The zero-order chi connectivity index (χ0) is 16.1. The molecule has 1 aromatic rings. The van der Waals surface area contributed by atoms with E-state index in [1.165, 1.54) is 0 Å². The zero-order valence-electron chi connectivity index (χ0n) is 12.1. The van der Waals surface area contributed by atoms with Crippen LogP contribution >= 0.6 is 0 Å². The van der Waals surface area contributed by atoms with E-state index in [2.05, 4.69) is 5.32 Å². The Labute approximate surface area is 127 Å². The Balaban J connectivity index is 1.88. The second-order valence-corrected chi connectivity index (χ2v) is 6.29. The molecule has 22 heavy (non-hydrogen) atoms. The molecule has 1 aromatic carbocycles. The van der Waals surface area contributed by atoms with Gasteiger partial charge in [-0.3, -0.25) is 14.9 Å². The van der Waals surface area contributed by atoms with Gasteiger partial charge in [-0.15, -0.1) is 0 Å². The third kappa shape index (κ3) is 2.10. The number of fused-ring (bicyclic) bond motifs is 1. The summed E-state index contributed by atoms with van der Waals surface area (Å²) in [6.07, 6.45) is -0.851. The number of carbonyl (C=O) groups is 2. The third-order valence-electron chi connectivity index (χ3n) is 5.06. The van der Waals surface area contributed by atoms with E-state index in [0.717, 1.165) is 5.56 Å². The highest BCUT2D eigenvalue weighted by Gasteiger charge is 2.75. The van der Waals surface area contributed by atoms with Crippen molar-refractivity contribution < 1.29 is 24.9 Å². The Hall–Kier alpha value is -1.92. The number of hydrogen-bond acceptors (Lipinski definition) is 4. The lowest BCUT2D eigenvalue weighted by Crippen LogP contribution is -2.55. The lowest BCUT2D eigenvalue weighted by molar-refractivity contribution is -0.148. The van der Waals surface area contributed by atoms with Crippen LogP contribution < -0.4 is 5.32 Å². The first kappa shape index (κ1) is 15.0. The van der Waals surface area contributed by atoms with Gasteiger partial charge >= 0.3 is 11.9 Å². The molecule has 2 fully saturated rings. The van der Waals surface area contributed by atoms with Crippen LogP contribution in [0.25, 0.3) is 0 Å². The van der Waals surface area contributed by atoms with Crippen LogP contribution in [0.5, 0.6) is 0 Å². The lowest BCUT2D eigenvalue weighted by Gasteiger charge is -2.32. The van der Waals surface area contributed by atoms with Crippen molar-refractivity contribution in [3.63, 3.8) is 0 Å². The highest BCUT2D eigenvalue weighted by atomic mass is 16.4. The van der Waals surface area contributed by atoms with Crippen molar-refractivity contribution in [1.29, 1.82) is 0 Å². The molecule has 0 saturated heterocycles. The highest BCUT2D eigenvalue weighted by Crippen LogP contribution is 2.62. The summed E-state index contributed by atoms with van der Waals surface area (Å²) in [6.45, 7) is 1.85. The first-order valence-electron chi connectivity index (χ1n) is 7.35. The van der Waals surface area contributed by atoms with Gasteiger partial charge in [0.25, 0.3) is 0 Å². The molecule has 6 nitrogen and oxygen atoms in total. The molecule has 0 unspecified atom stereocenters. The second kappa shape index (κ2) is 5.07. The van der Waals surface area contributed by atoms with E-state index in [9.17, 15) is 24.9 Å². The molecule has 0 aliphatic heterocycles. The molecule has 6 heteroatoms. The van der Waals surface area contributed by atoms with Gasteiger partial charge in [0.05, 0.1) is 12.0 Å². The van der Waals surface area contributed by atoms with Crippen LogP contribution in [-0.2, 0) is 9.59 Å². The van der Waals surface area contributed by atoms with Crippen molar-refractivity contribution in [1.82, 2.24) is 5.32 Å². The smallest absolute Gasteiger partial charge is 0.324 e. The number of aliphatic carboxylic acids is 2. The highest BCUT2D eigenvalue weighted by molar-refractivity contribution is 5.85. The molecule has 0 bridgehead atoms. The van der Waals surface area contributed by atoms with E-state index in [0.29, 0.717) is 0 Å². The summed E-state index contributed by atoms with van der Waals surface area (Å²) in [4.78, 5) is 23.1. The second-order valence-electron chi connectivity index (χ2n) is 6.29. The summed E-state index contributed by atoms with van der Waals surface area (Å²) < 4.78 is 0. The number of hydrogen-bond donors (Lipinski definition) is 4. The topological polar surface area (TPSA) is 107 Å². The maximum atomic E-state index is 11.9. The van der Waals surface area contributed by atoms with Crippen molar-refractivity contribution in [3.05, 3.63) is 35.9 Å². The fourth-order valence-electron chi connectivity index (χ4n) is 4.03. The predicted octanol–water partition coefficient (Wildman–Crippen LogP) is 0.872. The Morgan fingerprint density at radius 3 is 2.41 bits per heavy atom. The van der Waals surface area contributed by atoms with E-state index in [4.69, 9.17) is 0 Å². The lowest BCUT2D eigenvalue weighted by atomic mass is 9.88. The number of benzene rings is 1. The number of aliphatic hydroxyl groups is 1. The standard InChI is InChI=1S/C16H19NO5/c1-8(9-5-3-2-4-6-9)17-16(15(21)22)7-10(18)11-12(13(11)16)14(19)20/h2-6,8,10-13,17-18H,7H2,1H3,(H,19,20)(H,21,22)/t8-,10+,11+,12+,13+,16+/m1/s1. The van der Waals surface area contributed by atoms with Crippen LogP contribution in [0.3, 0.4) is 0 Å². The number of rotatable bonds is 5. The van der Waals surface area contributed by atoms with Crippen molar-refractivity contribution in [3.8, 4) is 0 Å². The average Bonchev–Trinajstić information content (AvgIpc) is 3.17. The molecule has 2 aliphatic carbocycles. The quantitative estimate of drug-likeness (QED) is 0.643. The van der Waals surface area contributed by atoms with Crippen molar-refractivity contribution in [2.45, 2.75) is 31.0 Å². The zero-order valence-corrected chi connectivity index (χ0v) is 12.1. The maximum Gasteiger partial charge on any atom is 0.324 e. The molecule has 0 amide bonds. The molecule has 3 rings (SSSR count). The summed E-state index contributed by atoms with van der Waals surface area (Å²) in [5.74, 6) is -3.94. The van der Waals surface area contributed by atoms with E-state index < -0.39 is 41.3 Å². The van der Waals surface area contributed by atoms with Crippen molar-refractivity contribution >= 4 is 11.9 Å². The van der Waals surface area contributed by atoms with Gasteiger partial charge < -0.3 is 15.3 Å². The molecule has 0 heterocycles. The third-order valence-corrected chi connectivity index (χ3v) is 5.06. The first-order valence-corrected chi connectivity index (χ1v) is 7.35. The van der Waals surface area contributed by atoms with Gasteiger partial charge in [-0.2, -0.15) is 0 Å². The number of carboxylic acids is 2. The van der Waals surface area contributed by atoms with Crippen LogP contribution in [0.4, 0.5) is 0 Å². The minimum Gasteiger partial charge on any atom is -0.481 e.